The fourth-order valence-electron chi connectivity index (χ4n) is 1.01. The van der Waals surface area contributed by atoms with Gasteiger partial charge in [0.2, 0.25) is 5.28 Å². The Bertz CT molecular complexity index is 398. The molecule has 1 aromatic heterocycles. The molecule has 0 saturated carbocycles. The fourth-order valence-corrected chi connectivity index (χ4v) is 1.15. The van der Waals surface area contributed by atoms with E-state index in [0.717, 1.165) is 0 Å². The Morgan fingerprint density at radius 2 is 2.00 bits per heavy atom. The minimum atomic E-state index is -4.58. The van der Waals surface area contributed by atoms with Crippen molar-refractivity contribution >= 4 is 17.4 Å². The zero-order valence-corrected chi connectivity index (χ0v) is 9.84. The summed E-state index contributed by atoms with van der Waals surface area (Å²) in [6.45, 7) is 2.98. The first kappa shape index (κ1) is 14.0. The molecule has 0 aliphatic heterocycles. The lowest BCUT2D eigenvalue weighted by Gasteiger charge is -2.19. The first-order valence-electron chi connectivity index (χ1n) is 4.76. The van der Waals surface area contributed by atoms with Crippen LogP contribution < -0.4 is 5.32 Å². The van der Waals surface area contributed by atoms with Crippen LogP contribution in [-0.2, 0) is 6.18 Å². The smallest absolute Gasteiger partial charge is 0.391 e. The summed E-state index contributed by atoms with van der Waals surface area (Å²) in [5, 5.41) is 11.4. The van der Waals surface area contributed by atoms with E-state index in [9.17, 15) is 18.3 Å². The molecular formula is C9H11ClF3N3O. The van der Waals surface area contributed by atoms with Gasteiger partial charge in [-0.15, -0.1) is 0 Å². The van der Waals surface area contributed by atoms with Gasteiger partial charge in [0, 0.05) is 6.20 Å². The molecule has 0 aliphatic rings. The van der Waals surface area contributed by atoms with Crippen LogP contribution in [0.2, 0.25) is 5.28 Å². The number of aromatic nitrogens is 2. The van der Waals surface area contributed by atoms with Crippen LogP contribution in [0.15, 0.2) is 6.20 Å². The molecule has 1 aromatic rings. The maximum Gasteiger partial charge on any atom is 0.421 e. The molecule has 1 heterocycles. The van der Waals surface area contributed by atoms with Crippen LogP contribution in [0.4, 0.5) is 19.0 Å². The molecule has 17 heavy (non-hydrogen) atoms. The Hall–Kier alpha value is -1.08. The summed E-state index contributed by atoms with van der Waals surface area (Å²) in [5.74, 6) is -0.439. The molecule has 96 valence electrons. The molecule has 4 nitrogen and oxygen atoms in total. The lowest BCUT2D eigenvalue weighted by Crippen LogP contribution is -2.29. The highest BCUT2D eigenvalue weighted by molar-refractivity contribution is 6.28. The molecule has 0 bridgehead atoms. The van der Waals surface area contributed by atoms with Gasteiger partial charge < -0.3 is 10.4 Å². The summed E-state index contributed by atoms with van der Waals surface area (Å²) in [7, 11) is 0. The van der Waals surface area contributed by atoms with E-state index in [4.69, 9.17) is 11.6 Å². The van der Waals surface area contributed by atoms with Crippen molar-refractivity contribution < 1.29 is 18.3 Å². The van der Waals surface area contributed by atoms with Crippen molar-refractivity contribution in [3.05, 3.63) is 17.0 Å². The van der Waals surface area contributed by atoms with E-state index in [1.165, 1.54) is 13.8 Å². The van der Waals surface area contributed by atoms with E-state index in [0.29, 0.717) is 6.20 Å². The molecule has 0 radical (unpaired) electrons. The zero-order valence-electron chi connectivity index (χ0n) is 9.09. The molecule has 2 unspecified atom stereocenters. The molecule has 1 rings (SSSR count). The second-order valence-corrected chi connectivity index (χ2v) is 3.91. The van der Waals surface area contributed by atoms with Gasteiger partial charge in [0.05, 0.1) is 12.1 Å². The van der Waals surface area contributed by atoms with Gasteiger partial charge in [0.25, 0.3) is 0 Å². The minimum absolute atomic E-state index is 0.293. The lowest BCUT2D eigenvalue weighted by molar-refractivity contribution is -0.137. The van der Waals surface area contributed by atoms with E-state index >= 15 is 0 Å². The van der Waals surface area contributed by atoms with Gasteiger partial charge in [-0.3, -0.25) is 0 Å². The summed E-state index contributed by atoms with van der Waals surface area (Å²) >= 11 is 5.44. The van der Waals surface area contributed by atoms with Crippen molar-refractivity contribution in [1.29, 1.82) is 0 Å². The first-order chi connectivity index (χ1) is 7.71. The Labute approximate surface area is 101 Å². The van der Waals surface area contributed by atoms with Crippen molar-refractivity contribution in [3.63, 3.8) is 0 Å². The third kappa shape index (κ3) is 3.71. The van der Waals surface area contributed by atoms with Crippen LogP contribution in [0.25, 0.3) is 0 Å². The molecule has 8 heteroatoms. The van der Waals surface area contributed by atoms with E-state index in [1.807, 2.05) is 0 Å². The maximum absolute atomic E-state index is 12.6. The van der Waals surface area contributed by atoms with Crippen LogP contribution in [0.1, 0.15) is 19.4 Å². The number of alkyl halides is 3. The Morgan fingerprint density at radius 1 is 1.41 bits per heavy atom. The van der Waals surface area contributed by atoms with Crippen molar-refractivity contribution in [3.8, 4) is 0 Å². The summed E-state index contributed by atoms with van der Waals surface area (Å²) in [6, 6.07) is -0.595. The number of rotatable bonds is 3. The number of nitrogens with one attached hydrogen (secondary N) is 1. The second kappa shape index (κ2) is 5.05. The molecular weight excluding hydrogens is 259 g/mol. The third-order valence-corrected chi connectivity index (χ3v) is 2.33. The van der Waals surface area contributed by atoms with Gasteiger partial charge in [-0.25, -0.2) is 9.97 Å². The normalized spacial score (nSPS) is 15.5. The number of anilines is 1. The van der Waals surface area contributed by atoms with Crippen molar-refractivity contribution in [1.82, 2.24) is 9.97 Å². The molecule has 2 atom stereocenters. The van der Waals surface area contributed by atoms with Gasteiger partial charge in [-0.2, -0.15) is 13.2 Å². The van der Waals surface area contributed by atoms with Crippen LogP contribution in [0.5, 0.6) is 0 Å². The summed E-state index contributed by atoms with van der Waals surface area (Å²) < 4.78 is 37.8. The highest BCUT2D eigenvalue weighted by Crippen LogP contribution is 2.34. The van der Waals surface area contributed by atoms with Gasteiger partial charge >= 0.3 is 6.18 Å². The number of nitrogens with zero attached hydrogens (tertiary/aromatic N) is 2. The Balaban J connectivity index is 3.08. The fraction of sp³-hybridized carbons (Fsp3) is 0.556. The van der Waals surface area contributed by atoms with Gasteiger partial charge in [-0.05, 0) is 25.4 Å². The van der Waals surface area contributed by atoms with Gasteiger partial charge in [0.1, 0.15) is 11.4 Å². The molecule has 0 aliphatic carbocycles. The lowest BCUT2D eigenvalue weighted by atomic mass is 10.2. The number of hydrogen-bond donors (Lipinski definition) is 2. The summed E-state index contributed by atoms with van der Waals surface area (Å²) in [5.41, 5.74) is -1.02. The van der Waals surface area contributed by atoms with Crippen molar-refractivity contribution in [2.45, 2.75) is 32.2 Å². The highest BCUT2D eigenvalue weighted by atomic mass is 35.5. The first-order valence-corrected chi connectivity index (χ1v) is 5.14. The van der Waals surface area contributed by atoms with Crippen LogP contribution in [-0.4, -0.2) is 27.2 Å². The van der Waals surface area contributed by atoms with Gasteiger partial charge in [0.15, 0.2) is 0 Å². The predicted molar refractivity (Wildman–Crippen MR) is 56.8 cm³/mol. The van der Waals surface area contributed by atoms with Gasteiger partial charge in [-0.1, -0.05) is 0 Å². The van der Waals surface area contributed by atoms with Crippen LogP contribution in [0.3, 0.4) is 0 Å². The molecule has 0 saturated heterocycles. The van der Waals surface area contributed by atoms with Crippen molar-refractivity contribution in [2.24, 2.45) is 0 Å². The Kier molecular flexibility index (Phi) is 4.16. The minimum Gasteiger partial charge on any atom is -0.391 e. The third-order valence-electron chi connectivity index (χ3n) is 2.15. The zero-order chi connectivity index (χ0) is 13.2. The monoisotopic (exact) mass is 269 g/mol. The van der Waals surface area contributed by atoms with E-state index in [1.54, 1.807) is 0 Å². The average Bonchev–Trinajstić information content (AvgIpc) is 2.15. The topological polar surface area (TPSA) is 58.0 Å². The number of aliphatic hydroxyl groups is 1. The van der Waals surface area contributed by atoms with E-state index in [-0.39, 0.29) is 5.28 Å². The quantitative estimate of drug-likeness (QED) is 0.827. The maximum atomic E-state index is 12.6. The summed E-state index contributed by atoms with van der Waals surface area (Å²) in [6.07, 6.45) is -4.80. The van der Waals surface area contributed by atoms with E-state index in [2.05, 4.69) is 15.3 Å². The van der Waals surface area contributed by atoms with Crippen LogP contribution >= 0.6 is 11.6 Å². The number of hydrogen-bond acceptors (Lipinski definition) is 4. The highest BCUT2D eigenvalue weighted by Gasteiger charge is 2.35. The number of halogens is 4. The van der Waals surface area contributed by atoms with Crippen LogP contribution in [0, 0.1) is 0 Å². The SMILES string of the molecule is CC(O)C(C)Nc1nc(Cl)ncc1C(F)(F)F. The molecule has 0 spiro atoms. The Morgan fingerprint density at radius 3 is 2.47 bits per heavy atom. The standard InChI is InChI=1S/C9H11ClF3N3O/c1-4(5(2)17)15-7-6(9(11,12)13)3-14-8(10)16-7/h3-5,17H,1-2H3,(H,14,15,16). The van der Waals surface area contributed by atoms with Crippen molar-refractivity contribution in [2.75, 3.05) is 5.32 Å². The largest absolute Gasteiger partial charge is 0.421 e. The molecule has 0 aromatic carbocycles. The second-order valence-electron chi connectivity index (χ2n) is 3.57. The average molecular weight is 270 g/mol. The summed E-state index contributed by atoms with van der Waals surface area (Å²) in [4.78, 5) is 6.76. The number of aliphatic hydroxyl groups excluding tert-OH is 1. The van der Waals surface area contributed by atoms with E-state index < -0.39 is 29.7 Å². The molecule has 0 amide bonds. The predicted octanol–water partition coefficient (Wildman–Crippen LogP) is 2.33. The molecule has 0 fully saturated rings. The molecule has 2 N–H and O–H groups in total.